The number of anilines is 1. The number of carbonyl (C=O) groups is 2. The number of aromatic nitrogens is 1. The van der Waals surface area contributed by atoms with Crippen LogP contribution in [0.2, 0.25) is 0 Å². The van der Waals surface area contributed by atoms with Crippen molar-refractivity contribution < 1.29 is 9.59 Å². The summed E-state index contributed by atoms with van der Waals surface area (Å²) in [7, 11) is 0. The van der Waals surface area contributed by atoms with Gasteiger partial charge in [0.2, 0.25) is 5.91 Å². The van der Waals surface area contributed by atoms with Crippen molar-refractivity contribution in [3.63, 3.8) is 0 Å². The van der Waals surface area contributed by atoms with E-state index in [9.17, 15) is 9.59 Å². The average molecular weight is 324 g/mol. The third-order valence-electron chi connectivity index (χ3n) is 3.77. The van der Waals surface area contributed by atoms with E-state index in [1.165, 1.54) is 0 Å². The monoisotopic (exact) mass is 324 g/mol. The van der Waals surface area contributed by atoms with E-state index in [4.69, 9.17) is 0 Å². The maximum Gasteiger partial charge on any atom is 0.319 e. The molecule has 0 radical (unpaired) electrons. The highest BCUT2D eigenvalue weighted by atomic mass is 16.2. The second-order valence-electron chi connectivity index (χ2n) is 5.86. The molecule has 3 N–H and O–H groups in total. The van der Waals surface area contributed by atoms with Gasteiger partial charge >= 0.3 is 6.03 Å². The molecule has 1 aliphatic rings. The van der Waals surface area contributed by atoms with Crippen LogP contribution in [0.3, 0.4) is 0 Å². The molecule has 3 amide bonds. The molecule has 0 unspecified atom stereocenters. The lowest BCUT2D eigenvalue weighted by Crippen LogP contribution is -2.49. The Morgan fingerprint density at radius 3 is 2.46 bits per heavy atom. The van der Waals surface area contributed by atoms with Crippen LogP contribution in [0.15, 0.2) is 54.9 Å². The number of nitrogens with one attached hydrogen (secondary N) is 3. The van der Waals surface area contributed by atoms with Crippen LogP contribution >= 0.6 is 0 Å². The van der Waals surface area contributed by atoms with E-state index in [0.717, 1.165) is 18.4 Å². The van der Waals surface area contributed by atoms with Gasteiger partial charge in [-0.2, -0.15) is 0 Å². The maximum atomic E-state index is 12.4. The second kappa shape index (κ2) is 7.59. The van der Waals surface area contributed by atoms with Crippen molar-refractivity contribution in [2.75, 3.05) is 5.32 Å². The Morgan fingerprint density at radius 2 is 1.79 bits per heavy atom. The third-order valence-corrected chi connectivity index (χ3v) is 3.77. The average Bonchev–Trinajstić information content (AvgIpc) is 3.40. The molecule has 1 heterocycles. The summed E-state index contributed by atoms with van der Waals surface area (Å²) >= 11 is 0. The van der Waals surface area contributed by atoms with E-state index in [1.54, 1.807) is 24.5 Å². The van der Waals surface area contributed by atoms with Crippen LogP contribution in [0.4, 0.5) is 10.5 Å². The third kappa shape index (κ3) is 4.81. The number of hydrogen-bond donors (Lipinski definition) is 3. The molecule has 3 rings (SSSR count). The Morgan fingerprint density at radius 1 is 1.08 bits per heavy atom. The minimum Gasteiger partial charge on any atom is -0.352 e. The van der Waals surface area contributed by atoms with E-state index in [1.807, 2.05) is 30.3 Å². The number of urea groups is 1. The highest BCUT2D eigenvalue weighted by Gasteiger charge is 2.28. The lowest BCUT2D eigenvalue weighted by Gasteiger charge is -2.19. The fourth-order valence-electron chi connectivity index (χ4n) is 2.35. The molecule has 24 heavy (non-hydrogen) atoms. The summed E-state index contributed by atoms with van der Waals surface area (Å²) in [5, 5.41) is 8.43. The summed E-state index contributed by atoms with van der Waals surface area (Å²) in [4.78, 5) is 28.5. The molecule has 1 atom stereocenters. The molecule has 2 aromatic rings. The molecular weight excluding hydrogens is 304 g/mol. The normalized spacial score (nSPS) is 14.5. The molecule has 0 aliphatic heterocycles. The number of carbonyl (C=O) groups excluding carboxylic acids is 2. The van der Waals surface area contributed by atoms with Crippen molar-refractivity contribution in [2.24, 2.45) is 0 Å². The zero-order valence-corrected chi connectivity index (χ0v) is 13.2. The summed E-state index contributed by atoms with van der Waals surface area (Å²) in [5.41, 5.74) is 1.63. The molecule has 0 saturated heterocycles. The first-order valence-electron chi connectivity index (χ1n) is 8.02. The van der Waals surface area contributed by atoms with Crippen LogP contribution in [-0.4, -0.2) is 29.0 Å². The predicted octanol–water partition coefficient (Wildman–Crippen LogP) is 2.09. The SMILES string of the molecule is O=C(Nc1ccncc1)N[C@@H](Cc1ccccc1)C(=O)NC1CC1. The van der Waals surface area contributed by atoms with Gasteiger partial charge in [0.05, 0.1) is 0 Å². The molecule has 0 spiro atoms. The number of rotatable bonds is 6. The number of amides is 3. The Kier molecular flexibility index (Phi) is 5.05. The summed E-state index contributed by atoms with van der Waals surface area (Å²) in [6.07, 6.45) is 5.65. The van der Waals surface area contributed by atoms with Crippen molar-refractivity contribution >= 4 is 17.6 Å². The number of benzene rings is 1. The van der Waals surface area contributed by atoms with E-state index in [0.29, 0.717) is 12.1 Å². The Labute approximate surface area is 140 Å². The van der Waals surface area contributed by atoms with Crippen LogP contribution in [0, 0.1) is 0 Å². The summed E-state index contributed by atoms with van der Waals surface area (Å²) in [6.45, 7) is 0. The molecule has 1 aromatic carbocycles. The van der Waals surface area contributed by atoms with Gasteiger partial charge in [-0.05, 0) is 30.5 Å². The number of pyridine rings is 1. The molecule has 0 bridgehead atoms. The first-order valence-corrected chi connectivity index (χ1v) is 8.02. The summed E-state index contributed by atoms with van der Waals surface area (Å²) in [6, 6.07) is 12.3. The van der Waals surface area contributed by atoms with Gasteiger partial charge in [-0.3, -0.25) is 9.78 Å². The lowest BCUT2D eigenvalue weighted by atomic mass is 10.1. The standard InChI is InChI=1S/C18H20N4O2/c23-17(20-14-6-7-14)16(12-13-4-2-1-3-5-13)22-18(24)21-15-8-10-19-11-9-15/h1-5,8-11,14,16H,6-7,12H2,(H,20,23)(H2,19,21,22,24)/t16-/m0/s1. The van der Waals surface area contributed by atoms with Gasteiger partial charge in [-0.1, -0.05) is 30.3 Å². The molecule has 1 saturated carbocycles. The summed E-state index contributed by atoms with van der Waals surface area (Å²) in [5.74, 6) is -0.147. The molecular formula is C18H20N4O2. The molecule has 6 nitrogen and oxygen atoms in total. The van der Waals surface area contributed by atoms with Crippen LogP contribution in [0.1, 0.15) is 18.4 Å². The van der Waals surface area contributed by atoms with Crippen molar-refractivity contribution in [1.29, 1.82) is 0 Å². The Hall–Kier alpha value is -2.89. The highest BCUT2D eigenvalue weighted by Crippen LogP contribution is 2.19. The van der Waals surface area contributed by atoms with Crippen LogP contribution in [0.5, 0.6) is 0 Å². The number of nitrogens with zero attached hydrogens (tertiary/aromatic N) is 1. The predicted molar refractivity (Wildman–Crippen MR) is 91.5 cm³/mol. The number of hydrogen-bond acceptors (Lipinski definition) is 3. The van der Waals surface area contributed by atoms with Crippen molar-refractivity contribution in [3.05, 3.63) is 60.4 Å². The first-order chi connectivity index (χ1) is 11.7. The van der Waals surface area contributed by atoms with E-state index in [2.05, 4.69) is 20.9 Å². The topological polar surface area (TPSA) is 83.1 Å². The van der Waals surface area contributed by atoms with Crippen molar-refractivity contribution in [2.45, 2.75) is 31.3 Å². The minimum atomic E-state index is -0.616. The minimum absolute atomic E-state index is 0.147. The van der Waals surface area contributed by atoms with Crippen LogP contribution in [0.25, 0.3) is 0 Å². The van der Waals surface area contributed by atoms with Crippen molar-refractivity contribution in [3.8, 4) is 0 Å². The maximum absolute atomic E-state index is 12.4. The highest BCUT2D eigenvalue weighted by molar-refractivity contribution is 5.93. The van der Waals surface area contributed by atoms with E-state index in [-0.39, 0.29) is 11.9 Å². The smallest absolute Gasteiger partial charge is 0.319 e. The van der Waals surface area contributed by atoms with Gasteiger partial charge in [0, 0.05) is 30.5 Å². The Balaban J connectivity index is 1.64. The van der Waals surface area contributed by atoms with E-state index >= 15 is 0 Å². The second-order valence-corrected chi connectivity index (χ2v) is 5.86. The lowest BCUT2D eigenvalue weighted by molar-refractivity contribution is -0.123. The van der Waals surface area contributed by atoms with Gasteiger partial charge in [-0.25, -0.2) is 4.79 Å². The molecule has 1 aromatic heterocycles. The van der Waals surface area contributed by atoms with Crippen molar-refractivity contribution in [1.82, 2.24) is 15.6 Å². The fraction of sp³-hybridized carbons (Fsp3) is 0.278. The van der Waals surface area contributed by atoms with Gasteiger partial charge in [0.15, 0.2) is 0 Å². The quantitative estimate of drug-likeness (QED) is 0.761. The van der Waals surface area contributed by atoms with Gasteiger partial charge in [0.1, 0.15) is 6.04 Å². The Bertz CT molecular complexity index is 687. The molecule has 1 fully saturated rings. The molecule has 124 valence electrons. The first kappa shape index (κ1) is 16.0. The molecule has 1 aliphatic carbocycles. The largest absolute Gasteiger partial charge is 0.352 e. The van der Waals surface area contributed by atoms with Crippen LogP contribution in [-0.2, 0) is 11.2 Å². The van der Waals surface area contributed by atoms with Gasteiger partial charge in [-0.15, -0.1) is 0 Å². The molecule has 6 heteroatoms. The van der Waals surface area contributed by atoms with E-state index < -0.39 is 12.1 Å². The zero-order chi connectivity index (χ0) is 16.8. The van der Waals surface area contributed by atoms with Gasteiger partial charge in [0.25, 0.3) is 0 Å². The van der Waals surface area contributed by atoms with Gasteiger partial charge < -0.3 is 16.0 Å². The fourth-order valence-corrected chi connectivity index (χ4v) is 2.35. The van der Waals surface area contributed by atoms with Crippen LogP contribution < -0.4 is 16.0 Å². The zero-order valence-electron chi connectivity index (χ0n) is 13.2. The summed E-state index contributed by atoms with van der Waals surface area (Å²) < 4.78 is 0.